The maximum atomic E-state index is 12.4. The number of amides is 2. The molecule has 1 N–H and O–H groups in total. The standard InChI is InChI=1S/C19H17ClN2O2/c1-13(23)22-11-10-14-4-2-3-5-17(14)18(22)12-19(24)21-16-8-6-15(20)7-9-16/h2-11,18H,12H2,1H3,(H,21,24)/t18-/m1/s1. The minimum absolute atomic E-state index is 0.0926. The molecule has 4 nitrogen and oxygen atoms in total. The third-order valence-electron chi connectivity index (χ3n) is 3.98. The minimum atomic E-state index is -0.309. The van der Waals surface area contributed by atoms with E-state index in [4.69, 9.17) is 11.6 Å². The van der Waals surface area contributed by atoms with Gasteiger partial charge in [0.25, 0.3) is 0 Å². The van der Waals surface area contributed by atoms with Crippen LogP contribution in [0.4, 0.5) is 5.69 Å². The molecule has 1 aliphatic heterocycles. The topological polar surface area (TPSA) is 49.4 Å². The Morgan fingerprint density at radius 2 is 1.83 bits per heavy atom. The normalized spacial score (nSPS) is 15.8. The SMILES string of the molecule is CC(=O)N1C=Cc2ccccc2[C@H]1CC(=O)Nc1ccc(Cl)cc1. The second-order valence-electron chi connectivity index (χ2n) is 5.65. The Labute approximate surface area is 145 Å². The van der Waals surface area contributed by atoms with Gasteiger partial charge in [0.05, 0.1) is 12.5 Å². The number of nitrogens with one attached hydrogen (secondary N) is 1. The van der Waals surface area contributed by atoms with Crippen LogP contribution in [0.25, 0.3) is 6.08 Å². The fourth-order valence-electron chi connectivity index (χ4n) is 2.83. The molecule has 5 heteroatoms. The summed E-state index contributed by atoms with van der Waals surface area (Å²) in [5.74, 6) is -0.247. The molecular formula is C19H17ClN2O2. The molecule has 0 saturated carbocycles. The molecule has 0 fully saturated rings. The number of hydrogen-bond donors (Lipinski definition) is 1. The van der Waals surface area contributed by atoms with Crippen molar-refractivity contribution >= 4 is 35.2 Å². The lowest BCUT2D eigenvalue weighted by atomic mass is 9.93. The van der Waals surface area contributed by atoms with Crippen molar-refractivity contribution in [2.24, 2.45) is 0 Å². The van der Waals surface area contributed by atoms with Gasteiger partial charge in [-0.3, -0.25) is 9.59 Å². The summed E-state index contributed by atoms with van der Waals surface area (Å²) in [5.41, 5.74) is 2.68. The third-order valence-corrected chi connectivity index (χ3v) is 4.23. The zero-order valence-electron chi connectivity index (χ0n) is 13.2. The smallest absolute Gasteiger partial charge is 0.226 e. The van der Waals surface area contributed by atoms with Crippen LogP contribution in [0.15, 0.2) is 54.7 Å². The second kappa shape index (κ2) is 6.89. The molecule has 0 aromatic heterocycles. The molecule has 1 aliphatic rings. The van der Waals surface area contributed by atoms with Gasteiger partial charge in [-0.1, -0.05) is 35.9 Å². The number of anilines is 1. The Morgan fingerprint density at radius 1 is 1.12 bits per heavy atom. The van der Waals surface area contributed by atoms with Gasteiger partial charge >= 0.3 is 0 Å². The molecule has 24 heavy (non-hydrogen) atoms. The fraction of sp³-hybridized carbons (Fsp3) is 0.158. The molecule has 0 aliphatic carbocycles. The first kappa shape index (κ1) is 16.3. The first-order valence-electron chi connectivity index (χ1n) is 7.66. The summed E-state index contributed by atoms with van der Waals surface area (Å²) in [4.78, 5) is 26.0. The quantitative estimate of drug-likeness (QED) is 0.908. The molecular weight excluding hydrogens is 324 g/mol. The third kappa shape index (κ3) is 3.49. The van der Waals surface area contributed by atoms with Crippen molar-refractivity contribution in [3.63, 3.8) is 0 Å². The molecule has 2 aromatic carbocycles. The van der Waals surface area contributed by atoms with Crippen LogP contribution in [-0.2, 0) is 9.59 Å². The van der Waals surface area contributed by atoms with Crippen LogP contribution in [0, 0.1) is 0 Å². The summed E-state index contributed by atoms with van der Waals surface area (Å²) >= 11 is 5.85. The summed E-state index contributed by atoms with van der Waals surface area (Å²) in [6, 6.07) is 14.4. The molecule has 0 bridgehead atoms. The molecule has 122 valence electrons. The van der Waals surface area contributed by atoms with E-state index in [1.807, 2.05) is 30.3 Å². The average Bonchev–Trinajstić information content (AvgIpc) is 2.57. The van der Waals surface area contributed by atoms with Crippen molar-refractivity contribution in [3.8, 4) is 0 Å². The van der Waals surface area contributed by atoms with Gasteiger partial charge in [0.15, 0.2) is 0 Å². The van der Waals surface area contributed by atoms with E-state index in [2.05, 4.69) is 5.32 Å². The van der Waals surface area contributed by atoms with Crippen molar-refractivity contribution < 1.29 is 9.59 Å². The average molecular weight is 341 g/mol. The number of benzene rings is 2. The number of halogens is 1. The maximum absolute atomic E-state index is 12.4. The zero-order valence-corrected chi connectivity index (χ0v) is 14.0. The van der Waals surface area contributed by atoms with E-state index < -0.39 is 0 Å². The predicted molar refractivity (Wildman–Crippen MR) is 95.4 cm³/mol. The van der Waals surface area contributed by atoms with Crippen LogP contribution < -0.4 is 5.32 Å². The lowest BCUT2D eigenvalue weighted by molar-refractivity contribution is -0.129. The van der Waals surface area contributed by atoms with Gasteiger partial charge in [0.1, 0.15) is 0 Å². The number of nitrogens with zero attached hydrogens (tertiary/aromatic N) is 1. The molecule has 2 amide bonds. The van der Waals surface area contributed by atoms with Crippen molar-refractivity contribution in [3.05, 3.63) is 70.9 Å². The number of rotatable bonds is 3. The van der Waals surface area contributed by atoms with Crippen molar-refractivity contribution in [2.45, 2.75) is 19.4 Å². The van der Waals surface area contributed by atoms with E-state index in [9.17, 15) is 9.59 Å². The van der Waals surface area contributed by atoms with E-state index in [1.165, 1.54) is 6.92 Å². The summed E-state index contributed by atoms with van der Waals surface area (Å²) in [5, 5.41) is 3.46. The summed E-state index contributed by atoms with van der Waals surface area (Å²) in [6.07, 6.45) is 3.82. The highest BCUT2D eigenvalue weighted by molar-refractivity contribution is 6.30. The van der Waals surface area contributed by atoms with Crippen LogP contribution in [0.1, 0.15) is 30.5 Å². The lowest BCUT2D eigenvalue weighted by Crippen LogP contribution is -2.33. The van der Waals surface area contributed by atoms with Crippen molar-refractivity contribution in [1.82, 2.24) is 4.90 Å². The van der Waals surface area contributed by atoms with Crippen LogP contribution in [0.2, 0.25) is 5.02 Å². The van der Waals surface area contributed by atoms with Gasteiger partial charge < -0.3 is 10.2 Å². The summed E-state index contributed by atoms with van der Waals surface area (Å²) in [7, 11) is 0. The maximum Gasteiger partial charge on any atom is 0.226 e. The molecule has 1 heterocycles. The zero-order chi connectivity index (χ0) is 17.1. The van der Waals surface area contributed by atoms with Gasteiger partial charge in [-0.25, -0.2) is 0 Å². The number of hydrogen-bond acceptors (Lipinski definition) is 2. The van der Waals surface area contributed by atoms with Gasteiger partial charge in [-0.2, -0.15) is 0 Å². The first-order chi connectivity index (χ1) is 11.5. The van der Waals surface area contributed by atoms with E-state index in [0.717, 1.165) is 11.1 Å². The Kier molecular flexibility index (Phi) is 4.67. The Balaban J connectivity index is 1.80. The summed E-state index contributed by atoms with van der Waals surface area (Å²) < 4.78 is 0. The molecule has 0 radical (unpaired) electrons. The second-order valence-corrected chi connectivity index (χ2v) is 6.08. The van der Waals surface area contributed by atoms with Gasteiger partial charge in [0, 0.05) is 23.8 Å². The highest BCUT2D eigenvalue weighted by Crippen LogP contribution is 2.33. The number of fused-ring (bicyclic) bond motifs is 1. The minimum Gasteiger partial charge on any atom is -0.326 e. The highest BCUT2D eigenvalue weighted by atomic mass is 35.5. The first-order valence-corrected chi connectivity index (χ1v) is 8.04. The van der Waals surface area contributed by atoms with Crippen LogP contribution in [0.3, 0.4) is 0 Å². The molecule has 1 atom stereocenters. The monoisotopic (exact) mass is 340 g/mol. The molecule has 0 spiro atoms. The van der Waals surface area contributed by atoms with Crippen molar-refractivity contribution in [2.75, 3.05) is 5.32 Å². The van der Waals surface area contributed by atoms with Gasteiger partial charge in [0.2, 0.25) is 11.8 Å². The highest BCUT2D eigenvalue weighted by Gasteiger charge is 2.28. The molecule has 0 unspecified atom stereocenters. The molecule has 3 rings (SSSR count). The van der Waals surface area contributed by atoms with Crippen LogP contribution >= 0.6 is 11.6 Å². The van der Waals surface area contributed by atoms with Gasteiger partial charge in [-0.05, 0) is 41.5 Å². The van der Waals surface area contributed by atoms with E-state index in [0.29, 0.717) is 10.7 Å². The van der Waals surface area contributed by atoms with Crippen LogP contribution in [0.5, 0.6) is 0 Å². The Bertz CT molecular complexity index is 799. The summed E-state index contributed by atoms with van der Waals surface area (Å²) in [6.45, 7) is 1.50. The van der Waals surface area contributed by atoms with Gasteiger partial charge in [-0.15, -0.1) is 0 Å². The van der Waals surface area contributed by atoms with E-state index in [1.54, 1.807) is 35.4 Å². The number of carbonyl (C=O) groups excluding carboxylic acids is 2. The molecule has 0 saturated heterocycles. The Morgan fingerprint density at radius 3 is 2.54 bits per heavy atom. The van der Waals surface area contributed by atoms with E-state index in [-0.39, 0.29) is 24.3 Å². The number of carbonyl (C=O) groups is 2. The molecule has 2 aromatic rings. The van der Waals surface area contributed by atoms with Crippen LogP contribution in [-0.4, -0.2) is 16.7 Å². The van der Waals surface area contributed by atoms with Crippen molar-refractivity contribution in [1.29, 1.82) is 0 Å². The lowest BCUT2D eigenvalue weighted by Gasteiger charge is -2.32. The van der Waals surface area contributed by atoms with E-state index >= 15 is 0 Å². The largest absolute Gasteiger partial charge is 0.326 e. The Hall–Kier alpha value is -2.59. The fourth-order valence-corrected chi connectivity index (χ4v) is 2.96. The predicted octanol–water partition coefficient (Wildman–Crippen LogP) is 4.24.